The second-order valence-electron chi connectivity index (χ2n) is 8.09. The zero-order chi connectivity index (χ0) is 20.1. The number of rotatable bonds is 6. The van der Waals surface area contributed by atoms with Crippen LogP contribution in [0.2, 0.25) is 0 Å². The lowest BCUT2D eigenvalue weighted by molar-refractivity contribution is 0.0730. The molecule has 1 aliphatic rings. The van der Waals surface area contributed by atoms with Crippen molar-refractivity contribution in [3.05, 3.63) is 69.1 Å². The van der Waals surface area contributed by atoms with Crippen LogP contribution in [0.1, 0.15) is 40.0 Å². The van der Waals surface area contributed by atoms with Gasteiger partial charge in [-0.2, -0.15) is 0 Å². The molecule has 1 atom stereocenters. The first-order valence-electron chi connectivity index (χ1n) is 10.2. The summed E-state index contributed by atoms with van der Waals surface area (Å²) in [7, 11) is 1.84. The van der Waals surface area contributed by atoms with Crippen LogP contribution in [0.5, 0.6) is 0 Å². The molecule has 2 aromatic rings. The maximum absolute atomic E-state index is 12.7. The van der Waals surface area contributed by atoms with Gasteiger partial charge in [0.25, 0.3) is 5.91 Å². The number of hydrogen-bond donors (Lipinski definition) is 1. The number of H-pyrrole nitrogens is 1. The van der Waals surface area contributed by atoms with E-state index in [0.717, 1.165) is 39.0 Å². The number of hydrogen-bond acceptors (Lipinski definition) is 3. The Morgan fingerprint density at radius 2 is 2.04 bits per heavy atom. The minimum atomic E-state index is -0.225. The lowest BCUT2D eigenvalue weighted by Crippen LogP contribution is -2.42. The Kier molecular flexibility index (Phi) is 6.68. The summed E-state index contributed by atoms with van der Waals surface area (Å²) in [5.74, 6) is 0.397. The summed E-state index contributed by atoms with van der Waals surface area (Å²) >= 11 is 0. The van der Waals surface area contributed by atoms with Crippen LogP contribution in [0.4, 0.5) is 0 Å². The number of aromatic amines is 1. The number of nitrogens with zero attached hydrogens (tertiary/aromatic N) is 2. The van der Waals surface area contributed by atoms with Crippen LogP contribution < -0.4 is 5.56 Å². The predicted octanol–water partition coefficient (Wildman–Crippen LogP) is 3.02. The largest absolute Gasteiger partial charge is 0.341 e. The predicted molar refractivity (Wildman–Crippen MR) is 113 cm³/mol. The highest BCUT2D eigenvalue weighted by Crippen LogP contribution is 2.19. The normalized spacial score (nSPS) is 17.5. The fourth-order valence-electron chi connectivity index (χ4n) is 4.17. The van der Waals surface area contributed by atoms with Crippen molar-refractivity contribution in [2.45, 2.75) is 33.1 Å². The van der Waals surface area contributed by atoms with Crippen molar-refractivity contribution in [2.75, 3.05) is 33.2 Å². The maximum Gasteiger partial charge on any atom is 0.253 e. The molecule has 0 aliphatic carbocycles. The van der Waals surface area contributed by atoms with E-state index >= 15 is 0 Å². The summed E-state index contributed by atoms with van der Waals surface area (Å²) in [4.78, 5) is 31.3. The number of benzene rings is 1. The van der Waals surface area contributed by atoms with Gasteiger partial charge in [-0.3, -0.25) is 9.59 Å². The van der Waals surface area contributed by atoms with Gasteiger partial charge in [0.15, 0.2) is 0 Å². The minimum Gasteiger partial charge on any atom is -0.341 e. The summed E-state index contributed by atoms with van der Waals surface area (Å²) in [5.41, 5.74) is 3.73. The summed E-state index contributed by atoms with van der Waals surface area (Å²) < 4.78 is 0. The highest BCUT2D eigenvalue weighted by molar-refractivity contribution is 5.94. The molecule has 1 aromatic heterocycles. The number of amides is 1. The zero-order valence-electron chi connectivity index (χ0n) is 17.2. The van der Waals surface area contributed by atoms with Crippen molar-refractivity contribution in [1.82, 2.24) is 14.8 Å². The third kappa shape index (κ3) is 5.32. The fourth-order valence-corrected chi connectivity index (χ4v) is 4.17. The second kappa shape index (κ2) is 9.20. The molecule has 150 valence electrons. The van der Waals surface area contributed by atoms with Gasteiger partial charge in [-0.05, 0) is 62.8 Å². The van der Waals surface area contributed by atoms with Gasteiger partial charge in [0.1, 0.15) is 0 Å². The van der Waals surface area contributed by atoms with Gasteiger partial charge in [-0.25, -0.2) is 0 Å². The van der Waals surface area contributed by atoms with E-state index in [-0.39, 0.29) is 11.5 Å². The van der Waals surface area contributed by atoms with Crippen molar-refractivity contribution < 1.29 is 4.79 Å². The van der Waals surface area contributed by atoms with E-state index in [0.29, 0.717) is 17.2 Å². The Labute approximate surface area is 167 Å². The molecule has 2 heterocycles. The van der Waals surface area contributed by atoms with Gasteiger partial charge < -0.3 is 14.8 Å². The molecule has 1 aliphatic heterocycles. The van der Waals surface area contributed by atoms with Crippen LogP contribution in [0.15, 0.2) is 41.2 Å². The van der Waals surface area contributed by atoms with Gasteiger partial charge in [0.2, 0.25) is 5.56 Å². The molecule has 1 N–H and O–H groups in total. The molecule has 0 saturated carbocycles. The smallest absolute Gasteiger partial charge is 0.253 e. The Bertz CT molecular complexity index is 874. The van der Waals surface area contributed by atoms with Gasteiger partial charge >= 0.3 is 0 Å². The summed E-state index contributed by atoms with van der Waals surface area (Å²) in [6, 6.07) is 11.7. The Morgan fingerprint density at radius 3 is 2.79 bits per heavy atom. The van der Waals surface area contributed by atoms with E-state index in [1.807, 2.05) is 7.05 Å². The molecule has 0 bridgehead atoms. The van der Waals surface area contributed by atoms with E-state index in [1.54, 1.807) is 17.9 Å². The molecule has 0 radical (unpaired) electrons. The van der Waals surface area contributed by atoms with Gasteiger partial charge in [0.05, 0.1) is 0 Å². The number of carbonyl (C=O) groups excluding carboxylic acids is 1. The van der Waals surface area contributed by atoms with Crippen molar-refractivity contribution in [3.63, 3.8) is 0 Å². The van der Waals surface area contributed by atoms with Crippen molar-refractivity contribution >= 4 is 5.91 Å². The lowest BCUT2D eigenvalue weighted by Gasteiger charge is -2.35. The summed E-state index contributed by atoms with van der Waals surface area (Å²) in [6.45, 7) is 7.92. The van der Waals surface area contributed by atoms with Crippen LogP contribution in [0.25, 0.3) is 0 Å². The number of likely N-dealkylation sites (tertiary alicyclic amines) is 1. The average Bonchev–Trinajstić information content (AvgIpc) is 2.66. The lowest BCUT2D eigenvalue weighted by atomic mass is 9.96. The number of pyridine rings is 1. The van der Waals surface area contributed by atoms with E-state index in [9.17, 15) is 9.59 Å². The first-order valence-corrected chi connectivity index (χ1v) is 10.2. The molecule has 1 fully saturated rings. The molecule has 1 amide bonds. The van der Waals surface area contributed by atoms with Gasteiger partial charge in [0, 0.05) is 44.0 Å². The standard InChI is InChI=1S/C23H31N3O2/c1-17-7-4-5-9-20(17)10-12-26-11-6-8-19(16-26)15-25(3)23(28)21-13-18(2)24-22(27)14-21/h4-5,7,9,13-14,19H,6,8,10-12,15-16H2,1-3H3,(H,24,27). The summed E-state index contributed by atoms with van der Waals surface area (Å²) in [5, 5.41) is 0. The topological polar surface area (TPSA) is 56.4 Å². The molecule has 5 heteroatoms. The van der Waals surface area contributed by atoms with E-state index in [2.05, 4.69) is 41.1 Å². The fraction of sp³-hybridized carbons (Fsp3) is 0.478. The highest BCUT2D eigenvalue weighted by atomic mass is 16.2. The molecular formula is C23H31N3O2. The third-order valence-corrected chi connectivity index (χ3v) is 5.67. The van der Waals surface area contributed by atoms with Crippen molar-refractivity contribution in [1.29, 1.82) is 0 Å². The molecule has 3 rings (SSSR count). The molecular weight excluding hydrogens is 350 g/mol. The Hall–Kier alpha value is -2.40. The number of nitrogens with one attached hydrogen (secondary N) is 1. The van der Waals surface area contributed by atoms with Crippen LogP contribution in [-0.4, -0.2) is 53.9 Å². The van der Waals surface area contributed by atoms with Crippen LogP contribution >= 0.6 is 0 Å². The molecule has 0 spiro atoms. The molecule has 1 saturated heterocycles. The molecule has 28 heavy (non-hydrogen) atoms. The molecule has 1 aromatic carbocycles. The van der Waals surface area contributed by atoms with Gasteiger partial charge in [-0.15, -0.1) is 0 Å². The number of carbonyl (C=O) groups is 1. The van der Waals surface area contributed by atoms with Crippen LogP contribution in [-0.2, 0) is 6.42 Å². The monoisotopic (exact) mass is 381 g/mol. The quantitative estimate of drug-likeness (QED) is 0.837. The molecule has 1 unspecified atom stereocenters. The highest BCUT2D eigenvalue weighted by Gasteiger charge is 2.23. The maximum atomic E-state index is 12.7. The number of piperidine rings is 1. The third-order valence-electron chi connectivity index (χ3n) is 5.67. The van der Waals surface area contributed by atoms with Crippen molar-refractivity contribution in [2.24, 2.45) is 5.92 Å². The van der Waals surface area contributed by atoms with E-state index < -0.39 is 0 Å². The Morgan fingerprint density at radius 1 is 1.25 bits per heavy atom. The number of aromatic nitrogens is 1. The first-order chi connectivity index (χ1) is 13.4. The van der Waals surface area contributed by atoms with Crippen LogP contribution in [0.3, 0.4) is 0 Å². The SMILES string of the molecule is Cc1cc(C(=O)N(C)CC2CCCN(CCc3ccccc3C)C2)cc(=O)[nH]1. The Balaban J connectivity index is 1.54. The van der Waals surface area contributed by atoms with Gasteiger partial charge in [-0.1, -0.05) is 24.3 Å². The van der Waals surface area contributed by atoms with E-state index in [4.69, 9.17) is 0 Å². The van der Waals surface area contributed by atoms with Crippen molar-refractivity contribution in [3.8, 4) is 0 Å². The van der Waals surface area contributed by atoms with E-state index in [1.165, 1.54) is 23.6 Å². The second-order valence-corrected chi connectivity index (χ2v) is 8.09. The van der Waals surface area contributed by atoms with Crippen LogP contribution in [0, 0.1) is 19.8 Å². The summed E-state index contributed by atoms with van der Waals surface area (Å²) in [6.07, 6.45) is 3.39. The molecule has 5 nitrogen and oxygen atoms in total. The number of aryl methyl sites for hydroxylation is 2. The zero-order valence-corrected chi connectivity index (χ0v) is 17.2. The minimum absolute atomic E-state index is 0.0776. The first kappa shape index (κ1) is 20.3. The average molecular weight is 382 g/mol.